The molecule has 0 aromatic carbocycles. The average molecular weight is 140 g/mol. The molecule has 0 radical (unpaired) electrons. The van der Waals surface area contributed by atoms with Gasteiger partial charge in [-0.2, -0.15) is 10.5 Å². The average Bonchev–Trinajstić information content (AvgIpc) is 1.84. The third-order valence-electron chi connectivity index (χ3n) is 0.409. The molecule has 0 bridgehead atoms. The summed E-state index contributed by atoms with van der Waals surface area (Å²) in [7, 11) is 0. The highest BCUT2D eigenvalue weighted by Gasteiger charge is 1.98. The Morgan fingerprint density at radius 2 is 1.25 bits per heavy atom. The van der Waals surface area contributed by atoms with Crippen molar-refractivity contribution in [1.29, 1.82) is 10.5 Å². The molecule has 0 aliphatic heterocycles. The van der Waals surface area contributed by atoms with Gasteiger partial charge in [0, 0.05) is 0 Å². The monoisotopic (exact) mass is 140 g/mol. The number of hydrogen-bond acceptors (Lipinski definition) is 4. The lowest BCUT2D eigenvalue weighted by atomic mass is 10.4. The largest absolute Gasteiger partial charge is 0.191 e. The molecule has 0 amide bonds. The first-order chi connectivity index (χ1) is 3.72. The van der Waals surface area contributed by atoms with Gasteiger partial charge in [0.15, 0.2) is 0 Å². The van der Waals surface area contributed by atoms with Crippen LogP contribution in [0, 0.1) is 22.7 Å². The van der Waals surface area contributed by atoms with Crippen molar-refractivity contribution >= 4 is 34.2 Å². The summed E-state index contributed by atoms with van der Waals surface area (Å²) in [6, 6.07) is 3.17. The van der Waals surface area contributed by atoms with E-state index >= 15 is 0 Å². The Labute approximate surface area is 57.3 Å². The van der Waals surface area contributed by atoms with Crippen LogP contribution in [-0.2, 0) is 0 Å². The highest BCUT2D eigenvalue weighted by Crippen LogP contribution is 1.79. The molecule has 0 heterocycles. The number of rotatable bonds is 1. The predicted octanol–water partition coefficient (Wildman–Crippen LogP) is 0.773. The van der Waals surface area contributed by atoms with Crippen molar-refractivity contribution in [3.05, 3.63) is 0 Å². The molecule has 0 N–H and O–H groups in total. The van der Waals surface area contributed by atoms with Gasteiger partial charge in [0.05, 0.1) is 0 Å². The van der Waals surface area contributed by atoms with E-state index in [-0.39, 0.29) is 9.73 Å². The molecule has 0 rings (SSSR count). The molecule has 0 unspecified atom stereocenters. The number of nitriles is 2. The van der Waals surface area contributed by atoms with Crippen molar-refractivity contribution < 1.29 is 0 Å². The molecule has 38 valence electrons. The Morgan fingerprint density at radius 3 is 1.38 bits per heavy atom. The first kappa shape index (κ1) is 7.16. The minimum atomic E-state index is -0.109. The van der Waals surface area contributed by atoms with Crippen molar-refractivity contribution in [2.24, 2.45) is 0 Å². The van der Waals surface area contributed by atoms with Gasteiger partial charge >= 0.3 is 0 Å². The van der Waals surface area contributed by atoms with Crippen molar-refractivity contribution in [2.75, 3.05) is 0 Å². The molecule has 0 aliphatic rings. The maximum absolute atomic E-state index is 8.01. The minimum absolute atomic E-state index is 0.109. The van der Waals surface area contributed by atoms with E-state index in [4.69, 9.17) is 10.5 Å². The van der Waals surface area contributed by atoms with Gasteiger partial charge < -0.3 is 0 Å². The summed E-state index contributed by atoms with van der Waals surface area (Å²) < 4.78 is 0. The zero-order valence-corrected chi connectivity index (χ0v) is 5.34. The second-order valence-electron chi connectivity index (χ2n) is 0.882. The maximum atomic E-state index is 8.01. The second kappa shape index (κ2) is 3.20. The fourth-order valence-corrected chi connectivity index (χ4v) is 0.193. The van der Waals surface area contributed by atoms with Crippen LogP contribution in [0.3, 0.4) is 0 Å². The molecule has 0 aromatic rings. The maximum Gasteiger partial charge on any atom is 0.144 e. The summed E-state index contributed by atoms with van der Waals surface area (Å²) in [5.41, 5.74) is 0. The zero-order valence-electron chi connectivity index (χ0n) is 3.71. The van der Waals surface area contributed by atoms with E-state index in [1.165, 1.54) is 0 Å². The van der Waals surface area contributed by atoms with Gasteiger partial charge in [-0.25, -0.2) is 0 Å². The van der Waals surface area contributed by atoms with E-state index in [1.807, 2.05) is 0 Å². The van der Waals surface area contributed by atoms with Crippen LogP contribution in [-0.4, -0.2) is 9.73 Å². The van der Waals surface area contributed by atoms with Crippen LogP contribution in [0.4, 0.5) is 0 Å². The summed E-state index contributed by atoms with van der Waals surface area (Å²) in [6.07, 6.45) is 0. The summed E-state index contributed by atoms with van der Waals surface area (Å²) in [5, 5.41) is 16.0. The fourth-order valence-electron chi connectivity index (χ4n) is 0.102. The van der Waals surface area contributed by atoms with Crippen molar-refractivity contribution in [3.63, 3.8) is 0 Å². The molecule has 4 heteroatoms. The molecule has 2 nitrogen and oxygen atoms in total. The molecule has 0 saturated carbocycles. The Balaban J connectivity index is 4.16. The van der Waals surface area contributed by atoms with Gasteiger partial charge in [-0.3, -0.25) is 0 Å². The summed E-state index contributed by atoms with van der Waals surface area (Å²) >= 11 is 8.70. The van der Waals surface area contributed by atoms with E-state index in [9.17, 15) is 0 Å². The number of thiocarbonyl (C=S) groups is 2. The minimum Gasteiger partial charge on any atom is -0.191 e. The predicted molar refractivity (Wildman–Crippen MR) is 36.4 cm³/mol. The molecule has 0 fully saturated rings. The third kappa shape index (κ3) is 1.74. The summed E-state index contributed by atoms with van der Waals surface area (Å²) in [6.45, 7) is 0. The van der Waals surface area contributed by atoms with Gasteiger partial charge in [0.2, 0.25) is 0 Å². The topological polar surface area (TPSA) is 47.6 Å². The third-order valence-corrected chi connectivity index (χ3v) is 1.13. The Hall–Kier alpha value is -0.840. The molecule has 0 atom stereocenters. The van der Waals surface area contributed by atoms with E-state index in [1.54, 1.807) is 12.1 Å². The van der Waals surface area contributed by atoms with E-state index < -0.39 is 0 Å². The molecule has 0 aliphatic carbocycles. The molecule has 0 aromatic heterocycles. The van der Waals surface area contributed by atoms with Gasteiger partial charge in [-0.1, -0.05) is 24.4 Å². The molecule has 8 heavy (non-hydrogen) atoms. The Morgan fingerprint density at radius 1 is 1.00 bits per heavy atom. The lowest BCUT2D eigenvalue weighted by Crippen LogP contribution is -2.01. The second-order valence-corrected chi connectivity index (χ2v) is 1.70. The number of hydrogen-bond donors (Lipinski definition) is 0. The van der Waals surface area contributed by atoms with Gasteiger partial charge in [-0.15, -0.1) is 0 Å². The van der Waals surface area contributed by atoms with Crippen molar-refractivity contribution in [2.45, 2.75) is 0 Å². The lowest BCUT2D eigenvalue weighted by molar-refractivity contribution is 1.55. The fraction of sp³-hybridized carbons (Fsp3) is 0. The van der Waals surface area contributed by atoms with Crippen LogP contribution in [0.1, 0.15) is 0 Å². The summed E-state index contributed by atoms with van der Waals surface area (Å²) in [4.78, 5) is -0.218. The highest BCUT2D eigenvalue weighted by atomic mass is 32.1. The van der Waals surface area contributed by atoms with Crippen LogP contribution in [0.2, 0.25) is 0 Å². The molecule has 0 spiro atoms. The molecular weight excluding hydrogens is 140 g/mol. The van der Waals surface area contributed by atoms with Gasteiger partial charge in [0.25, 0.3) is 0 Å². The van der Waals surface area contributed by atoms with Gasteiger partial charge in [-0.05, 0) is 0 Å². The summed E-state index contributed by atoms with van der Waals surface area (Å²) in [5.74, 6) is 0. The smallest absolute Gasteiger partial charge is 0.144 e. The Bertz CT molecular complexity index is 181. The SMILES string of the molecule is N#CC(=S)C(=S)C#N. The quantitative estimate of drug-likeness (QED) is 0.505. The van der Waals surface area contributed by atoms with Crippen LogP contribution in [0.25, 0.3) is 0 Å². The van der Waals surface area contributed by atoms with Crippen LogP contribution < -0.4 is 0 Å². The normalized spacial score (nSPS) is 6.25. The van der Waals surface area contributed by atoms with Crippen LogP contribution in [0.5, 0.6) is 0 Å². The lowest BCUT2D eigenvalue weighted by Gasteiger charge is -1.75. The van der Waals surface area contributed by atoms with Gasteiger partial charge in [0.1, 0.15) is 21.9 Å². The molecular formula is C4N2S2. The van der Waals surface area contributed by atoms with E-state index in [2.05, 4.69) is 24.4 Å². The number of nitrogens with zero attached hydrogens (tertiary/aromatic N) is 2. The van der Waals surface area contributed by atoms with E-state index in [0.717, 1.165) is 0 Å². The van der Waals surface area contributed by atoms with Crippen LogP contribution >= 0.6 is 24.4 Å². The van der Waals surface area contributed by atoms with Crippen LogP contribution in [0.15, 0.2) is 0 Å². The Kier molecular flexibility index (Phi) is 2.86. The standard InChI is InChI=1S/C4N2S2/c5-1-3(7)4(8)2-6. The van der Waals surface area contributed by atoms with Crippen molar-refractivity contribution in [3.8, 4) is 12.1 Å². The van der Waals surface area contributed by atoms with Crippen molar-refractivity contribution in [1.82, 2.24) is 0 Å². The first-order valence-electron chi connectivity index (χ1n) is 1.61. The van der Waals surface area contributed by atoms with E-state index in [0.29, 0.717) is 0 Å². The first-order valence-corrected chi connectivity index (χ1v) is 2.42. The molecule has 0 saturated heterocycles. The highest BCUT2D eigenvalue weighted by molar-refractivity contribution is 7.90. The zero-order chi connectivity index (χ0) is 6.57.